The summed E-state index contributed by atoms with van der Waals surface area (Å²) in [5, 5.41) is 4.69. The zero-order valence-electron chi connectivity index (χ0n) is 12.2. The fourth-order valence-corrected chi connectivity index (χ4v) is 2.64. The lowest BCUT2D eigenvalue weighted by molar-refractivity contribution is 0.418. The van der Waals surface area contributed by atoms with Crippen LogP contribution in [0, 0.1) is 5.92 Å². The number of nitrogens with one attached hydrogen (secondary N) is 1. The number of ether oxygens (including phenoxy) is 1. The quantitative estimate of drug-likeness (QED) is 0.872. The Morgan fingerprint density at radius 2 is 2.15 bits per heavy atom. The average Bonchev–Trinajstić information content (AvgIpc) is 3.28. The van der Waals surface area contributed by atoms with E-state index in [9.17, 15) is 0 Å². The summed E-state index contributed by atoms with van der Waals surface area (Å²) in [7, 11) is 1.69. The molecule has 0 spiro atoms. The maximum absolute atomic E-state index is 5.39. The van der Waals surface area contributed by atoms with Crippen molar-refractivity contribution < 1.29 is 4.74 Å². The molecule has 3 heteroatoms. The summed E-state index contributed by atoms with van der Waals surface area (Å²) < 4.78 is 5.39. The van der Waals surface area contributed by atoms with Gasteiger partial charge in [-0.05, 0) is 31.4 Å². The van der Waals surface area contributed by atoms with E-state index in [1.54, 1.807) is 7.11 Å². The van der Waals surface area contributed by atoms with Gasteiger partial charge in [-0.3, -0.25) is 0 Å². The molecule has 1 fully saturated rings. The summed E-state index contributed by atoms with van der Waals surface area (Å²) in [6.45, 7) is 3.09. The first-order valence-electron chi connectivity index (χ1n) is 7.42. The Labute approximate surface area is 120 Å². The number of rotatable bonds is 6. The van der Waals surface area contributed by atoms with Crippen LogP contribution in [0.1, 0.15) is 31.9 Å². The molecule has 0 saturated heterocycles. The van der Waals surface area contributed by atoms with E-state index >= 15 is 0 Å². The Morgan fingerprint density at radius 3 is 2.90 bits per heavy atom. The minimum Gasteiger partial charge on any atom is -0.494 e. The van der Waals surface area contributed by atoms with Crippen LogP contribution < -0.4 is 10.1 Å². The molecule has 2 aromatic rings. The lowest BCUT2D eigenvalue weighted by atomic mass is 10.1. The van der Waals surface area contributed by atoms with Crippen LogP contribution in [-0.4, -0.2) is 18.1 Å². The monoisotopic (exact) mass is 270 g/mol. The molecule has 3 rings (SSSR count). The Bertz CT molecular complexity index is 593. The van der Waals surface area contributed by atoms with Crippen molar-refractivity contribution in [2.75, 3.05) is 7.11 Å². The third-order valence-corrected chi connectivity index (χ3v) is 3.98. The van der Waals surface area contributed by atoms with E-state index in [1.807, 2.05) is 12.1 Å². The number of pyridine rings is 1. The molecule has 1 atom stereocenters. The number of nitrogens with zero attached hydrogens (tertiary/aromatic N) is 1. The van der Waals surface area contributed by atoms with Crippen LogP contribution in [0.5, 0.6) is 5.75 Å². The summed E-state index contributed by atoms with van der Waals surface area (Å²) in [4.78, 5) is 4.73. The van der Waals surface area contributed by atoms with Gasteiger partial charge in [-0.25, -0.2) is 4.98 Å². The van der Waals surface area contributed by atoms with Gasteiger partial charge < -0.3 is 10.1 Å². The highest BCUT2D eigenvalue weighted by Gasteiger charge is 2.23. The molecule has 0 bridgehead atoms. The second kappa shape index (κ2) is 5.80. The molecule has 1 heterocycles. The van der Waals surface area contributed by atoms with Crippen molar-refractivity contribution in [2.45, 2.75) is 38.8 Å². The molecule has 0 radical (unpaired) electrons. The molecule has 1 aromatic carbocycles. The molecule has 1 N–H and O–H groups in total. The van der Waals surface area contributed by atoms with Crippen molar-refractivity contribution in [1.29, 1.82) is 0 Å². The van der Waals surface area contributed by atoms with E-state index in [0.717, 1.165) is 34.8 Å². The van der Waals surface area contributed by atoms with Gasteiger partial charge in [0, 0.05) is 18.0 Å². The normalized spacial score (nSPS) is 16.3. The van der Waals surface area contributed by atoms with Gasteiger partial charge in [0.05, 0.1) is 12.8 Å². The topological polar surface area (TPSA) is 34.1 Å². The molecule has 1 aromatic heterocycles. The first-order chi connectivity index (χ1) is 9.76. The summed E-state index contributed by atoms with van der Waals surface area (Å²) in [5.41, 5.74) is 2.02. The minimum atomic E-state index is 0.567. The summed E-state index contributed by atoms with van der Waals surface area (Å²) in [5.74, 6) is 1.80. The van der Waals surface area contributed by atoms with Crippen molar-refractivity contribution in [1.82, 2.24) is 10.3 Å². The molecule has 1 saturated carbocycles. The van der Waals surface area contributed by atoms with Gasteiger partial charge in [-0.2, -0.15) is 0 Å². The third kappa shape index (κ3) is 3.10. The molecule has 1 unspecified atom stereocenters. The van der Waals surface area contributed by atoms with Crippen molar-refractivity contribution in [2.24, 2.45) is 5.92 Å². The van der Waals surface area contributed by atoms with E-state index < -0.39 is 0 Å². The molecule has 1 aliphatic carbocycles. The number of para-hydroxylation sites is 1. The minimum absolute atomic E-state index is 0.567. The summed E-state index contributed by atoms with van der Waals surface area (Å²) >= 11 is 0. The second-order valence-corrected chi connectivity index (χ2v) is 5.80. The van der Waals surface area contributed by atoms with Gasteiger partial charge in [0.15, 0.2) is 0 Å². The van der Waals surface area contributed by atoms with Crippen molar-refractivity contribution in [3.05, 3.63) is 36.0 Å². The van der Waals surface area contributed by atoms with Crippen molar-refractivity contribution >= 4 is 10.9 Å². The zero-order valence-corrected chi connectivity index (χ0v) is 12.2. The first-order valence-corrected chi connectivity index (χ1v) is 7.42. The molecule has 3 nitrogen and oxygen atoms in total. The maximum Gasteiger partial charge on any atom is 0.145 e. The summed E-state index contributed by atoms with van der Waals surface area (Å²) in [6, 6.07) is 10.8. The number of fused-ring (bicyclic) bond motifs is 1. The van der Waals surface area contributed by atoms with Crippen LogP contribution in [0.4, 0.5) is 0 Å². The van der Waals surface area contributed by atoms with Gasteiger partial charge in [0.2, 0.25) is 0 Å². The predicted octanol–water partition coefficient (Wildman–Crippen LogP) is 3.52. The molecule has 0 aliphatic heterocycles. The summed E-state index contributed by atoms with van der Waals surface area (Å²) in [6.07, 6.45) is 4.12. The van der Waals surface area contributed by atoms with E-state index in [0.29, 0.717) is 6.04 Å². The Kier molecular flexibility index (Phi) is 3.88. The number of hydrogen-bond donors (Lipinski definition) is 1. The number of benzene rings is 1. The van der Waals surface area contributed by atoms with Gasteiger partial charge in [-0.15, -0.1) is 0 Å². The van der Waals surface area contributed by atoms with Gasteiger partial charge in [0.1, 0.15) is 11.3 Å². The molecule has 0 amide bonds. The Balaban J connectivity index is 1.71. The molecular formula is C17H22N2O. The number of aromatic nitrogens is 1. The lowest BCUT2D eigenvalue weighted by Gasteiger charge is -2.13. The fourth-order valence-electron chi connectivity index (χ4n) is 2.64. The van der Waals surface area contributed by atoms with Gasteiger partial charge >= 0.3 is 0 Å². The Morgan fingerprint density at radius 1 is 1.30 bits per heavy atom. The van der Waals surface area contributed by atoms with Crippen LogP contribution in [0.2, 0.25) is 0 Å². The standard InChI is InChI=1S/C17H22N2O/c1-12(10-13-6-7-13)18-11-15-9-8-14-4-3-5-16(20-2)17(14)19-15/h3-5,8-9,12-13,18H,6-7,10-11H2,1-2H3. The third-order valence-electron chi connectivity index (χ3n) is 3.98. The largest absolute Gasteiger partial charge is 0.494 e. The second-order valence-electron chi connectivity index (χ2n) is 5.80. The van der Waals surface area contributed by atoms with Crippen molar-refractivity contribution in [3.8, 4) is 5.75 Å². The van der Waals surface area contributed by atoms with Crippen LogP contribution in [0.25, 0.3) is 10.9 Å². The zero-order chi connectivity index (χ0) is 13.9. The van der Waals surface area contributed by atoms with Crippen LogP contribution >= 0.6 is 0 Å². The highest BCUT2D eigenvalue weighted by Crippen LogP contribution is 2.33. The lowest BCUT2D eigenvalue weighted by Crippen LogP contribution is -2.26. The van der Waals surface area contributed by atoms with E-state index in [4.69, 9.17) is 9.72 Å². The maximum atomic E-state index is 5.39. The molecular weight excluding hydrogens is 248 g/mol. The van der Waals surface area contributed by atoms with Gasteiger partial charge in [-0.1, -0.05) is 31.0 Å². The smallest absolute Gasteiger partial charge is 0.145 e. The average molecular weight is 270 g/mol. The van der Waals surface area contributed by atoms with Crippen LogP contribution in [0.3, 0.4) is 0 Å². The van der Waals surface area contributed by atoms with Crippen molar-refractivity contribution in [3.63, 3.8) is 0 Å². The Hall–Kier alpha value is -1.61. The molecule has 1 aliphatic rings. The SMILES string of the molecule is COc1cccc2ccc(CNC(C)CC3CC3)nc12. The van der Waals surface area contributed by atoms with E-state index in [1.165, 1.54) is 19.3 Å². The number of methoxy groups -OCH3 is 1. The predicted molar refractivity (Wildman–Crippen MR) is 81.9 cm³/mol. The molecule has 106 valence electrons. The first kappa shape index (κ1) is 13.4. The van der Waals surface area contributed by atoms with Crippen LogP contribution in [-0.2, 0) is 6.54 Å². The highest BCUT2D eigenvalue weighted by atomic mass is 16.5. The van der Waals surface area contributed by atoms with E-state index in [2.05, 4.69) is 30.4 Å². The number of hydrogen-bond acceptors (Lipinski definition) is 3. The highest BCUT2D eigenvalue weighted by molar-refractivity contribution is 5.84. The van der Waals surface area contributed by atoms with Crippen LogP contribution in [0.15, 0.2) is 30.3 Å². The molecule has 20 heavy (non-hydrogen) atoms. The fraction of sp³-hybridized carbons (Fsp3) is 0.471. The van der Waals surface area contributed by atoms with E-state index in [-0.39, 0.29) is 0 Å². The van der Waals surface area contributed by atoms with Gasteiger partial charge in [0.25, 0.3) is 0 Å².